The topological polar surface area (TPSA) is 44.9 Å². The quantitative estimate of drug-likeness (QED) is 0.480. The lowest BCUT2D eigenvalue weighted by molar-refractivity contribution is 0.183. The van der Waals surface area contributed by atoms with Gasteiger partial charge in [0.05, 0.1) is 0 Å². The molecular formula is C15H30N4. The number of rotatable bonds is 4. The van der Waals surface area contributed by atoms with E-state index < -0.39 is 0 Å². The lowest BCUT2D eigenvalue weighted by Crippen LogP contribution is -2.41. The third-order valence-electron chi connectivity index (χ3n) is 4.33. The minimum Gasteiger partial charge on any atom is -0.370 e. The summed E-state index contributed by atoms with van der Waals surface area (Å²) in [6, 6.07) is 0. The fourth-order valence-corrected chi connectivity index (χ4v) is 3.20. The summed E-state index contributed by atoms with van der Waals surface area (Å²) in [5.41, 5.74) is 6.05. The van der Waals surface area contributed by atoms with Crippen molar-refractivity contribution in [1.29, 1.82) is 0 Å². The minimum absolute atomic E-state index is 0.770. The first kappa shape index (κ1) is 14.6. The molecule has 0 saturated carbocycles. The van der Waals surface area contributed by atoms with Gasteiger partial charge in [-0.15, -0.1) is 0 Å². The molecule has 2 heterocycles. The molecule has 0 radical (unpaired) electrons. The summed E-state index contributed by atoms with van der Waals surface area (Å²) in [7, 11) is 0. The lowest BCUT2D eigenvalue weighted by atomic mass is 10.0. The van der Waals surface area contributed by atoms with Crippen molar-refractivity contribution in [2.24, 2.45) is 16.6 Å². The largest absolute Gasteiger partial charge is 0.370 e. The van der Waals surface area contributed by atoms with Crippen molar-refractivity contribution in [2.45, 2.75) is 45.4 Å². The van der Waals surface area contributed by atoms with Crippen LogP contribution in [0.1, 0.15) is 45.4 Å². The van der Waals surface area contributed by atoms with Gasteiger partial charge in [0.2, 0.25) is 0 Å². The second kappa shape index (κ2) is 7.73. The Morgan fingerprint density at radius 2 is 1.95 bits per heavy atom. The molecule has 4 nitrogen and oxygen atoms in total. The number of hydrogen-bond acceptors (Lipinski definition) is 2. The lowest BCUT2D eigenvalue weighted by Gasteiger charge is -2.30. The normalized spacial score (nSPS) is 26.7. The van der Waals surface area contributed by atoms with Gasteiger partial charge in [-0.1, -0.05) is 6.92 Å². The van der Waals surface area contributed by atoms with E-state index in [4.69, 9.17) is 5.73 Å². The molecule has 2 rings (SSSR count). The van der Waals surface area contributed by atoms with Crippen LogP contribution in [0.4, 0.5) is 0 Å². The molecule has 4 heteroatoms. The van der Waals surface area contributed by atoms with Gasteiger partial charge in [0.1, 0.15) is 0 Å². The van der Waals surface area contributed by atoms with Gasteiger partial charge >= 0.3 is 0 Å². The van der Waals surface area contributed by atoms with Crippen molar-refractivity contribution in [3.05, 3.63) is 0 Å². The minimum atomic E-state index is 0.770. The van der Waals surface area contributed by atoms with Gasteiger partial charge in [-0.3, -0.25) is 4.99 Å². The molecule has 110 valence electrons. The van der Waals surface area contributed by atoms with Crippen LogP contribution in [-0.2, 0) is 0 Å². The summed E-state index contributed by atoms with van der Waals surface area (Å²) in [6.45, 7) is 9.16. The van der Waals surface area contributed by atoms with Gasteiger partial charge in [0.25, 0.3) is 0 Å². The zero-order valence-corrected chi connectivity index (χ0v) is 12.5. The third kappa shape index (κ3) is 5.01. The SMILES string of the molecule is CC1CCCN(CCCN=C(N)N2CCCCC2)C1. The molecule has 0 amide bonds. The summed E-state index contributed by atoms with van der Waals surface area (Å²) in [4.78, 5) is 9.37. The predicted octanol–water partition coefficient (Wildman–Crippen LogP) is 1.91. The molecule has 19 heavy (non-hydrogen) atoms. The highest BCUT2D eigenvalue weighted by Crippen LogP contribution is 2.15. The number of aliphatic imine (C=N–C) groups is 1. The van der Waals surface area contributed by atoms with Crippen LogP contribution < -0.4 is 5.73 Å². The van der Waals surface area contributed by atoms with E-state index in [2.05, 4.69) is 21.7 Å². The Morgan fingerprint density at radius 3 is 2.68 bits per heavy atom. The van der Waals surface area contributed by atoms with Crippen LogP contribution in [0.25, 0.3) is 0 Å². The van der Waals surface area contributed by atoms with E-state index in [1.165, 1.54) is 51.7 Å². The maximum atomic E-state index is 6.05. The van der Waals surface area contributed by atoms with Crippen molar-refractivity contribution in [1.82, 2.24) is 9.80 Å². The molecule has 0 bridgehead atoms. The van der Waals surface area contributed by atoms with Crippen LogP contribution in [0.5, 0.6) is 0 Å². The summed E-state index contributed by atoms with van der Waals surface area (Å²) >= 11 is 0. The number of hydrogen-bond donors (Lipinski definition) is 1. The number of likely N-dealkylation sites (tertiary alicyclic amines) is 2. The molecule has 2 aliphatic rings. The number of guanidine groups is 1. The first-order valence-corrected chi connectivity index (χ1v) is 8.03. The van der Waals surface area contributed by atoms with E-state index in [1.807, 2.05) is 0 Å². The Hall–Kier alpha value is -0.770. The standard InChI is InChI=1S/C15H30N4/c1-14-7-5-9-18(13-14)10-6-8-17-15(16)19-11-3-2-4-12-19/h14H,2-13H2,1H3,(H2,16,17). The van der Waals surface area contributed by atoms with E-state index in [1.54, 1.807) is 0 Å². The molecule has 2 fully saturated rings. The number of piperidine rings is 2. The van der Waals surface area contributed by atoms with Gasteiger partial charge in [-0.2, -0.15) is 0 Å². The molecule has 0 aromatic rings. The molecule has 2 N–H and O–H groups in total. The van der Waals surface area contributed by atoms with Crippen molar-refractivity contribution in [2.75, 3.05) is 39.3 Å². The van der Waals surface area contributed by atoms with E-state index in [9.17, 15) is 0 Å². The average molecular weight is 266 g/mol. The Bertz CT molecular complexity index is 284. The maximum absolute atomic E-state index is 6.05. The van der Waals surface area contributed by atoms with Gasteiger partial charge in [-0.25, -0.2) is 0 Å². The average Bonchev–Trinajstić information content (AvgIpc) is 2.44. The Kier molecular flexibility index (Phi) is 5.95. The molecule has 2 aliphatic heterocycles. The molecular weight excluding hydrogens is 236 g/mol. The van der Waals surface area contributed by atoms with Gasteiger partial charge < -0.3 is 15.5 Å². The van der Waals surface area contributed by atoms with Crippen LogP contribution >= 0.6 is 0 Å². The van der Waals surface area contributed by atoms with Crippen molar-refractivity contribution < 1.29 is 0 Å². The van der Waals surface area contributed by atoms with E-state index >= 15 is 0 Å². The summed E-state index contributed by atoms with van der Waals surface area (Å²) in [5, 5.41) is 0. The molecule has 0 spiro atoms. The number of nitrogens with two attached hydrogens (primary N) is 1. The molecule has 0 aliphatic carbocycles. The zero-order valence-electron chi connectivity index (χ0n) is 12.5. The highest BCUT2D eigenvalue weighted by molar-refractivity contribution is 5.78. The molecule has 1 unspecified atom stereocenters. The smallest absolute Gasteiger partial charge is 0.191 e. The maximum Gasteiger partial charge on any atom is 0.191 e. The molecule has 0 aromatic heterocycles. The number of nitrogens with zero attached hydrogens (tertiary/aromatic N) is 3. The Morgan fingerprint density at radius 1 is 1.16 bits per heavy atom. The fraction of sp³-hybridized carbons (Fsp3) is 0.933. The van der Waals surface area contributed by atoms with Gasteiger partial charge in [0.15, 0.2) is 5.96 Å². The predicted molar refractivity (Wildman–Crippen MR) is 81.4 cm³/mol. The van der Waals surface area contributed by atoms with Crippen molar-refractivity contribution >= 4 is 5.96 Å². The molecule has 2 saturated heterocycles. The summed E-state index contributed by atoms with van der Waals surface area (Å²) in [6.07, 6.45) is 7.78. The van der Waals surface area contributed by atoms with E-state index in [0.29, 0.717) is 0 Å². The van der Waals surface area contributed by atoms with Crippen LogP contribution in [0, 0.1) is 5.92 Å². The highest BCUT2D eigenvalue weighted by atomic mass is 15.3. The van der Waals surface area contributed by atoms with Crippen LogP contribution in [0.2, 0.25) is 0 Å². The zero-order chi connectivity index (χ0) is 13.5. The monoisotopic (exact) mass is 266 g/mol. The first-order valence-electron chi connectivity index (χ1n) is 8.03. The van der Waals surface area contributed by atoms with Crippen LogP contribution in [0.3, 0.4) is 0 Å². The van der Waals surface area contributed by atoms with Crippen LogP contribution in [0.15, 0.2) is 4.99 Å². The van der Waals surface area contributed by atoms with E-state index in [0.717, 1.165) is 37.9 Å². The summed E-state index contributed by atoms with van der Waals surface area (Å²) in [5.74, 6) is 1.64. The Balaban J connectivity index is 1.62. The second-order valence-electron chi connectivity index (χ2n) is 6.19. The highest BCUT2D eigenvalue weighted by Gasteiger charge is 2.15. The fourth-order valence-electron chi connectivity index (χ4n) is 3.20. The molecule has 0 aromatic carbocycles. The Labute approximate surface area is 118 Å². The third-order valence-corrected chi connectivity index (χ3v) is 4.33. The van der Waals surface area contributed by atoms with Gasteiger partial charge in [-0.05, 0) is 57.5 Å². The van der Waals surface area contributed by atoms with Crippen LogP contribution in [-0.4, -0.2) is 55.0 Å². The molecule has 1 atom stereocenters. The summed E-state index contributed by atoms with van der Waals surface area (Å²) < 4.78 is 0. The second-order valence-corrected chi connectivity index (χ2v) is 6.19. The van der Waals surface area contributed by atoms with E-state index in [-0.39, 0.29) is 0 Å². The van der Waals surface area contributed by atoms with Crippen molar-refractivity contribution in [3.8, 4) is 0 Å². The van der Waals surface area contributed by atoms with Gasteiger partial charge in [0, 0.05) is 26.2 Å². The van der Waals surface area contributed by atoms with Crippen molar-refractivity contribution in [3.63, 3.8) is 0 Å². The first-order chi connectivity index (χ1) is 9.25.